The van der Waals surface area contributed by atoms with E-state index in [9.17, 15) is 0 Å². The average molecular weight is 146 g/mol. The van der Waals surface area contributed by atoms with E-state index in [1.807, 2.05) is 0 Å². The fourth-order valence-electron chi connectivity index (χ4n) is 1.24. The largest absolute Gasteiger partial charge is 0.358 e. The second kappa shape index (κ2) is 2.17. The fourth-order valence-corrected chi connectivity index (χ4v) is 1.24. The normalized spacial score (nSPS) is 51.0. The molecule has 2 aliphatic heterocycles. The predicted octanol–water partition coefficient (Wildman–Crippen LogP) is -0.271. The van der Waals surface area contributed by atoms with Gasteiger partial charge in [-0.1, -0.05) is 0 Å². The Labute approximate surface area is 59.0 Å². The summed E-state index contributed by atoms with van der Waals surface area (Å²) >= 11 is 0. The minimum atomic E-state index is -0.227. The lowest BCUT2D eigenvalue weighted by molar-refractivity contribution is -0.226. The quantitative estimate of drug-likeness (QED) is 0.503. The van der Waals surface area contributed by atoms with E-state index >= 15 is 0 Å². The highest BCUT2D eigenvalue weighted by atomic mass is 16.8. The molecule has 4 nitrogen and oxygen atoms in total. The Kier molecular flexibility index (Phi) is 1.42. The van der Waals surface area contributed by atoms with Gasteiger partial charge in [0, 0.05) is 14.2 Å². The molecule has 0 N–H and O–H groups in total. The predicted molar refractivity (Wildman–Crippen MR) is 31.3 cm³/mol. The van der Waals surface area contributed by atoms with Crippen molar-refractivity contribution in [1.29, 1.82) is 0 Å². The Hall–Kier alpha value is -0.160. The van der Waals surface area contributed by atoms with Crippen LogP contribution < -0.4 is 0 Å². The highest BCUT2D eigenvalue weighted by molar-refractivity contribution is 4.96. The van der Waals surface area contributed by atoms with Gasteiger partial charge in [-0.15, -0.1) is 0 Å². The topological polar surface area (TPSA) is 40.2 Å². The third-order valence-corrected chi connectivity index (χ3v) is 1.83. The summed E-state index contributed by atoms with van der Waals surface area (Å²) in [7, 11) is 3.20. The standard InChI is InChI=1S/C6H10O4/c1-7-5-3-4(9-3)6(8-2)10-5/h3-6H,1-2H3/t3-,4+,5-,6-/m0/s1. The van der Waals surface area contributed by atoms with Crippen molar-refractivity contribution in [2.24, 2.45) is 0 Å². The second-order valence-electron chi connectivity index (χ2n) is 2.41. The van der Waals surface area contributed by atoms with Gasteiger partial charge in [-0.3, -0.25) is 0 Å². The summed E-state index contributed by atoms with van der Waals surface area (Å²) in [6.45, 7) is 0. The van der Waals surface area contributed by atoms with Crippen LogP contribution in [0, 0.1) is 0 Å². The fraction of sp³-hybridized carbons (Fsp3) is 1.00. The van der Waals surface area contributed by atoms with Gasteiger partial charge in [-0.2, -0.15) is 0 Å². The van der Waals surface area contributed by atoms with Crippen LogP contribution in [-0.2, 0) is 18.9 Å². The Morgan fingerprint density at radius 2 is 1.40 bits per heavy atom. The number of methoxy groups -OCH3 is 2. The van der Waals surface area contributed by atoms with E-state index in [4.69, 9.17) is 18.9 Å². The second-order valence-corrected chi connectivity index (χ2v) is 2.41. The van der Waals surface area contributed by atoms with Crippen LogP contribution in [0.5, 0.6) is 0 Å². The molecular weight excluding hydrogens is 136 g/mol. The molecule has 4 atom stereocenters. The highest BCUT2D eigenvalue weighted by Crippen LogP contribution is 2.39. The Morgan fingerprint density at radius 1 is 0.900 bits per heavy atom. The molecule has 0 unspecified atom stereocenters. The van der Waals surface area contributed by atoms with Crippen molar-refractivity contribution in [2.45, 2.75) is 24.8 Å². The molecule has 2 heterocycles. The molecule has 2 saturated heterocycles. The molecule has 0 bridgehead atoms. The van der Waals surface area contributed by atoms with E-state index < -0.39 is 0 Å². The Balaban J connectivity index is 1.95. The molecule has 58 valence electrons. The molecule has 2 fully saturated rings. The molecule has 0 aromatic heterocycles. The molecule has 10 heavy (non-hydrogen) atoms. The molecular formula is C6H10O4. The lowest BCUT2D eigenvalue weighted by atomic mass is 10.3. The van der Waals surface area contributed by atoms with Crippen molar-refractivity contribution in [3.05, 3.63) is 0 Å². The van der Waals surface area contributed by atoms with Crippen LogP contribution in [0.25, 0.3) is 0 Å². The molecule has 0 saturated carbocycles. The lowest BCUT2D eigenvalue weighted by Crippen LogP contribution is -2.22. The van der Waals surface area contributed by atoms with Gasteiger partial charge >= 0.3 is 0 Å². The maximum Gasteiger partial charge on any atom is 0.189 e. The number of hydrogen-bond acceptors (Lipinski definition) is 4. The van der Waals surface area contributed by atoms with Gasteiger partial charge < -0.3 is 18.9 Å². The first kappa shape index (κ1) is 6.54. The van der Waals surface area contributed by atoms with Crippen molar-refractivity contribution >= 4 is 0 Å². The van der Waals surface area contributed by atoms with E-state index in [1.165, 1.54) is 0 Å². The number of hydrogen-bond donors (Lipinski definition) is 0. The minimum Gasteiger partial charge on any atom is -0.358 e. The lowest BCUT2D eigenvalue weighted by Gasteiger charge is -2.13. The van der Waals surface area contributed by atoms with Crippen LogP contribution in [-0.4, -0.2) is 39.0 Å². The highest BCUT2D eigenvalue weighted by Gasteiger charge is 2.59. The molecule has 0 radical (unpaired) electrons. The third-order valence-electron chi connectivity index (χ3n) is 1.83. The van der Waals surface area contributed by atoms with Crippen LogP contribution in [0.4, 0.5) is 0 Å². The van der Waals surface area contributed by atoms with Gasteiger partial charge in [-0.25, -0.2) is 0 Å². The monoisotopic (exact) mass is 146 g/mol. The van der Waals surface area contributed by atoms with E-state index in [2.05, 4.69) is 0 Å². The van der Waals surface area contributed by atoms with E-state index in [1.54, 1.807) is 14.2 Å². The summed E-state index contributed by atoms with van der Waals surface area (Å²) < 4.78 is 20.4. The molecule has 0 amide bonds. The molecule has 0 aliphatic carbocycles. The van der Waals surface area contributed by atoms with Crippen LogP contribution in [0.15, 0.2) is 0 Å². The van der Waals surface area contributed by atoms with Crippen molar-refractivity contribution < 1.29 is 18.9 Å². The SMILES string of the molecule is CO[C@H]1O[C@H](OC)[C@@H]2O[C@H]12. The van der Waals surface area contributed by atoms with Gasteiger partial charge in [0.05, 0.1) is 0 Å². The Bertz CT molecular complexity index is 124. The maximum absolute atomic E-state index is 5.25. The minimum absolute atomic E-state index is 0.106. The summed E-state index contributed by atoms with van der Waals surface area (Å²) in [6, 6.07) is 0. The van der Waals surface area contributed by atoms with Crippen LogP contribution in [0.1, 0.15) is 0 Å². The zero-order valence-corrected chi connectivity index (χ0v) is 5.94. The van der Waals surface area contributed by atoms with E-state index in [-0.39, 0.29) is 24.8 Å². The Morgan fingerprint density at radius 3 is 1.70 bits per heavy atom. The molecule has 2 rings (SSSR count). The summed E-state index contributed by atoms with van der Waals surface area (Å²) in [5.74, 6) is 0. The zero-order valence-electron chi connectivity index (χ0n) is 5.94. The smallest absolute Gasteiger partial charge is 0.189 e. The first-order valence-electron chi connectivity index (χ1n) is 3.23. The molecule has 4 heteroatoms. The number of rotatable bonds is 2. The number of ether oxygens (including phenoxy) is 4. The third kappa shape index (κ3) is 0.769. The first-order valence-corrected chi connectivity index (χ1v) is 3.23. The number of epoxide rings is 1. The summed E-state index contributed by atoms with van der Waals surface area (Å²) in [4.78, 5) is 0. The van der Waals surface area contributed by atoms with Crippen molar-refractivity contribution in [3.8, 4) is 0 Å². The first-order chi connectivity index (χ1) is 4.86. The van der Waals surface area contributed by atoms with Gasteiger partial charge in [0.25, 0.3) is 0 Å². The van der Waals surface area contributed by atoms with Gasteiger partial charge in [0.15, 0.2) is 12.6 Å². The van der Waals surface area contributed by atoms with E-state index in [0.717, 1.165) is 0 Å². The van der Waals surface area contributed by atoms with Crippen molar-refractivity contribution in [2.75, 3.05) is 14.2 Å². The van der Waals surface area contributed by atoms with Crippen molar-refractivity contribution in [3.63, 3.8) is 0 Å². The molecule has 0 aromatic carbocycles. The zero-order chi connectivity index (χ0) is 7.14. The molecule has 0 spiro atoms. The molecule has 2 aliphatic rings. The van der Waals surface area contributed by atoms with Crippen LogP contribution in [0.2, 0.25) is 0 Å². The summed E-state index contributed by atoms with van der Waals surface area (Å²) in [5.41, 5.74) is 0. The van der Waals surface area contributed by atoms with Crippen LogP contribution in [0.3, 0.4) is 0 Å². The van der Waals surface area contributed by atoms with Crippen LogP contribution >= 0.6 is 0 Å². The molecule has 0 aromatic rings. The van der Waals surface area contributed by atoms with E-state index in [0.29, 0.717) is 0 Å². The van der Waals surface area contributed by atoms with Gasteiger partial charge in [0.1, 0.15) is 12.2 Å². The summed E-state index contributed by atoms with van der Waals surface area (Å²) in [6.07, 6.45) is -0.241. The van der Waals surface area contributed by atoms with Crippen molar-refractivity contribution in [1.82, 2.24) is 0 Å². The number of fused-ring (bicyclic) bond motifs is 1. The van der Waals surface area contributed by atoms with Gasteiger partial charge in [-0.05, 0) is 0 Å². The average Bonchev–Trinajstić information content (AvgIpc) is 2.67. The maximum atomic E-state index is 5.25. The van der Waals surface area contributed by atoms with Gasteiger partial charge in [0.2, 0.25) is 0 Å². The summed E-state index contributed by atoms with van der Waals surface area (Å²) in [5, 5.41) is 0.